The summed E-state index contributed by atoms with van der Waals surface area (Å²) in [5.41, 5.74) is 4.08. The van der Waals surface area contributed by atoms with Crippen LogP contribution in [0.5, 0.6) is 11.5 Å². The minimum absolute atomic E-state index is 0.164. The van der Waals surface area contributed by atoms with Gasteiger partial charge in [0.25, 0.3) is 0 Å². The second-order valence-corrected chi connectivity index (χ2v) is 8.34. The summed E-state index contributed by atoms with van der Waals surface area (Å²) in [4.78, 5) is 16.7. The molecule has 1 saturated heterocycles. The third kappa shape index (κ3) is 5.12. The predicted molar refractivity (Wildman–Crippen MR) is 107 cm³/mol. The number of methoxy groups -OCH3 is 2. The predicted octanol–water partition coefficient (Wildman–Crippen LogP) is 2.30. The Morgan fingerprint density at radius 1 is 1.19 bits per heavy atom. The van der Waals surface area contributed by atoms with Gasteiger partial charge in [-0.1, -0.05) is 23.1 Å². The zero-order valence-corrected chi connectivity index (χ0v) is 17.4. The molecule has 1 fully saturated rings. The normalized spacial score (nSPS) is 15.0. The summed E-state index contributed by atoms with van der Waals surface area (Å²) in [6, 6.07) is 4.06. The number of hydrogen-bond acceptors (Lipinski definition) is 8. The van der Waals surface area contributed by atoms with Crippen molar-refractivity contribution >= 4 is 29.0 Å². The number of piperazine rings is 1. The van der Waals surface area contributed by atoms with Gasteiger partial charge in [0, 0.05) is 32.7 Å². The lowest BCUT2D eigenvalue weighted by Crippen LogP contribution is -2.48. The molecule has 27 heavy (non-hydrogen) atoms. The van der Waals surface area contributed by atoms with Crippen molar-refractivity contribution in [3.63, 3.8) is 0 Å². The molecule has 0 N–H and O–H groups in total. The van der Waals surface area contributed by atoms with Crippen LogP contribution in [0.4, 0.5) is 0 Å². The van der Waals surface area contributed by atoms with Crippen molar-refractivity contribution in [2.45, 2.75) is 17.8 Å². The second-order valence-electron chi connectivity index (χ2n) is 6.28. The molecule has 1 aliphatic heterocycles. The summed E-state index contributed by atoms with van der Waals surface area (Å²) < 4.78 is 11.6. The maximum Gasteiger partial charge on any atom is 0.233 e. The first-order chi connectivity index (χ1) is 13.1. The summed E-state index contributed by atoms with van der Waals surface area (Å²) in [5, 5.41) is 7.75. The van der Waals surface area contributed by atoms with Crippen molar-refractivity contribution in [1.82, 2.24) is 20.0 Å². The van der Waals surface area contributed by atoms with Gasteiger partial charge in [-0.15, -0.1) is 10.2 Å². The van der Waals surface area contributed by atoms with Crippen LogP contribution in [-0.2, 0) is 11.3 Å². The van der Waals surface area contributed by atoms with Gasteiger partial charge in [-0.2, -0.15) is 0 Å². The number of carbonyl (C=O) groups is 1. The lowest BCUT2D eigenvalue weighted by molar-refractivity contribution is -0.130. The molecule has 0 spiro atoms. The van der Waals surface area contributed by atoms with Crippen molar-refractivity contribution in [2.24, 2.45) is 0 Å². The van der Waals surface area contributed by atoms with E-state index >= 15 is 0 Å². The van der Waals surface area contributed by atoms with E-state index in [-0.39, 0.29) is 5.91 Å². The highest BCUT2D eigenvalue weighted by Gasteiger charge is 2.22. The van der Waals surface area contributed by atoms with Gasteiger partial charge in [0.1, 0.15) is 5.51 Å². The van der Waals surface area contributed by atoms with Crippen LogP contribution in [0, 0.1) is 6.92 Å². The van der Waals surface area contributed by atoms with E-state index in [2.05, 4.69) is 22.0 Å². The van der Waals surface area contributed by atoms with Crippen molar-refractivity contribution < 1.29 is 14.3 Å². The fourth-order valence-corrected chi connectivity index (χ4v) is 4.42. The summed E-state index contributed by atoms with van der Waals surface area (Å²) in [6.45, 7) is 6.16. The van der Waals surface area contributed by atoms with E-state index < -0.39 is 0 Å². The van der Waals surface area contributed by atoms with Crippen LogP contribution in [0.2, 0.25) is 0 Å². The third-order valence-corrected chi connectivity index (χ3v) is 6.47. The highest BCUT2D eigenvalue weighted by Crippen LogP contribution is 2.31. The van der Waals surface area contributed by atoms with Gasteiger partial charge in [-0.3, -0.25) is 9.69 Å². The van der Waals surface area contributed by atoms with Gasteiger partial charge >= 0.3 is 0 Å². The van der Waals surface area contributed by atoms with E-state index in [9.17, 15) is 4.79 Å². The minimum atomic E-state index is 0.164. The number of hydrogen-bond donors (Lipinski definition) is 0. The molecule has 0 saturated carbocycles. The van der Waals surface area contributed by atoms with Crippen molar-refractivity contribution in [1.29, 1.82) is 0 Å². The molecule has 9 heteroatoms. The zero-order valence-electron chi connectivity index (χ0n) is 15.8. The molecule has 2 aromatic rings. The van der Waals surface area contributed by atoms with E-state index in [1.807, 2.05) is 17.0 Å². The molecule has 0 unspecified atom stereocenters. The Morgan fingerprint density at radius 2 is 1.89 bits per heavy atom. The average molecular weight is 409 g/mol. The van der Waals surface area contributed by atoms with Crippen LogP contribution < -0.4 is 9.47 Å². The molecule has 146 valence electrons. The smallest absolute Gasteiger partial charge is 0.233 e. The largest absolute Gasteiger partial charge is 0.493 e. The summed E-state index contributed by atoms with van der Waals surface area (Å²) in [6.07, 6.45) is 0. The number of benzene rings is 1. The number of ether oxygens (including phenoxy) is 2. The Labute approximate surface area is 167 Å². The molecule has 0 atom stereocenters. The number of carbonyl (C=O) groups excluding carboxylic acids is 1. The maximum absolute atomic E-state index is 12.4. The number of nitrogens with zero attached hydrogens (tertiary/aromatic N) is 4. The van der Waals surface area contributed by atoms with Crippen LogP contribution in [0.15, 0.2) is 22.0 Å². The fraction of sp³-hybridized carbons (Fsp3) is 0.500. The Bertz CT molecular complexity index is 762. The first-order valence-electron chi connectivity index (χ1n) is 8.71. The lowest BCUT2D eigenvalue weighted by Gasteiger charge is -2.35. The van der Waals surface area contributed by atoms with E-state index in [0.717, 1.165) is 48.6 Å². The number of aryl methyl sites for hydroxylation is 1. The molecule has 2 heterocycles. The number of rotatable bonds is 7. The summed E-state index contributed by atoms with van der Waals surface area (Å²) in [5.74, 6) is 2.09. The molecule has 0 aliphatic carbocycles. The average Bonchev–Trinajstić information content (AvgIpc) is 3.21. The highest BCUT2D eigenvalue weighted by atomic mass is 32.2. The standard InChI is InChI=1S/C18H24N4O3S2/c1-13-8-15(24-2)16(25-3)9-14(13)10-21-4-6-22(7-5-21)17(23)11-26-18-20-19-12-27-18/h8-9,12H,4-7,10-11H2,1-3H3. The quantitative estimate of drug-likeness (QED) is 0.651. The van der Waals surface area contributed by atoms with Crippen LogP contribution in [0.25, 0.3) is 0 Å². The summed E-state index contributed by atoms with van der Waals surface area (Å²) in [7, 11) is 3.30. The Hall–Kier alpha value is -1.84. The molecular formula is C18H24N4O3S2. The molecule has 1 aromatic carbocycles. The van der Waals surface area contributed by atoms with Gasteiger partial charge in [0.15, 0.2) is 15.8 Å². The molecule has 3 rings (SSSR count). The monoisotopic (exact) mass is 408 g/mol. The van der Waals surface area contributed by atoms with E-state index in [1.165, 1.54) is 34.2 Å². The van der Waals surface area contributed by atoms with Crippen molar-refractivity contribution in [3.05, 3.63) is 28.8 Å². The van der Waals surface area contributed by atoms with Crippen molar-refractivity contribution in [2.75, 3.05) is 46.2 Å². The molecule has 0 radical (unpaired) electrons. The van der Waals surface area contributed by atoms with Gasteiger partial charge in [-0.05, 0) is 30.2 Å². The van der Waals surface area contributed by atoms with Crippen molar-refractivity contribution in [3.8, 4) is 11.5 Å². The topological polar surface area (TPSA) is 67.8 Å². The Balaban J connectivity index is 1.51. The number of amides is 1. The van der Waals surface area contributed by atoms with Crippen LogP contribution in [-0.4, -0.2) is 72.1 Å². The first-order valence-corrected chi connectivity index (χ1v) is 10.6. The molecule has 1 amide bonds. The second kappa shape index (κ2) is 9.38. The van der Waals surface area contributed by atoms with Gasteiger partial charge in [0.05, 0.1) is 20.0 Å². The SMILES string of the molecule is COc1cc(C)c(CN2CCN(C(=O)CSc3nncs3)CC2)cc1OC. The lowest BCUT2D eigenvalue weighted by atomic mass is 10.1. The van der Waals surface area contributed by atoms with E-state index in [0.29, 0.717) is 5.75 Å². The molecular weight excluding hydrogens is 384 g/mol. The summed E-state index contributed by atoms with van der Waals surface area (Å²) >= 11 is 2.92. The minimum Gasteiger partial charge on any atom is -0.493 e. The van der Waals surface area contributed by atoms with Gasteiger partial charge in [-0.25, -0.2) is 0 Å². The van der Waals surface area contributed by atoms with E-state index in [4.69, 9.17) is 9.47 Å². The molecule has 1 aliphatic rings. The molecule has 0 bridgehead atoms. The zero-order chi connectivity index (χ0) is 19.2. The van der Waals surface area contributed by atoms with E-state index in [1.54, 1.807) is 19.7 Å². The van der Waals surface area contributed by atoms with Crippen LogP contribution >= 0.6 is 23.1 Å². The third-order valence-electron chi connectivity index (χ3n) is 4.62. The Kier molecular flexibility index (Phi) is 6.92. The fourth-order valence-electron chi connectivity index (χ4n) is 3.03. The Morgan fingerprint density at radius 3 is 2.52 bits per heavy atom. The molecule has 7 nitrogen and oxygen atoms in total. The van der Waals surface area contributed by atoms with Crippen LogP contribution in [0.3, 0.4) is 0 Å². The van der Waals surface area contributed by atoms with Gasteiger partial charge in [0.2, 0.25) is 5.91 Å². The maximum atomic E-state index is 12.4. The number of aromatic nitrogens is 2. The first kappa shape index (κ1) is 19.9. The van der Waals surface area contributed by atoms with Crippen LogP contribution in [0.1, 0.15) is 11.1 Å². The molecule has 1 aromatic heterocycles. The number of thioether (sulfide) groups is 1. The van der Waals surface area contributed by atoms with Gasteiger partial charge < -0.3 is 14.4 Å². The highest BCUT2D eigenvalue weighted by molar-refractivity contribution is 8.01.